The van der Waals surface area contributed by atoms with Gasteiger partial charge in [0, 0.05) is 18.8 Å². The maximum Gasteiger partial charge on any atom is 0.307 e. The van der Waals surface area contributed by atoms with Crippen LogP contribution in [0.25, 0.3) is 0 Å². The molecule has 134 valence electrons. The Morgan fingerprint density at radius 3 is 2.92 bits per heavy atom. The molecule has 0 aromatic heterocycles. The second kappa shape index (κ2) is 7.65. The van der Waals surface area contributed by atoms with Gasteiger partial charge in [0.05, 0.1) is 20.1 Å². The molecule has 1 atom stereocenters. The van der Waals surface area contributed by atoms with Gasteiger partial charge in [0.15, 0.2) is 0 Å². The van der Waals surface area contributed by atoms with E-state index in [0.29, 0.717) is 13.1 Å². The summed E-state index contributed by atoms with van der Waals surface area (Å²) in [6.45, 7) is 1.04. The van der Waals surface area contributed by atoms with Crippen LogP contribution in [0.1, 0.15) is 24.0 Å². The third-order valence-electron chi connectivity index (χ3n) is 4.76. The minimum atomic E-state index is -0.674. The smallest absolute Gasteiger partial charge is 0.307 e. The van der Waals surface area contributed by atoms with E-state index < -0.39 is 12.0 Å². The first-order valence-electron chi connectivity index (χ1n) is 8.57. The van der Waals surface area contributed by atoms with Crippen LogP contribution in [0.4, 0.5) is 5.69 Å². The number of hydrogen-bond donors (Lipinski definition) is 2. The van der Waals surface area contributed by atoms with E-state index in [-0.39, 0.29) is 24.8 Å². The number of fused-ring (bicyclic) bond motifs is 1. The molecule has 1 aromatic rings. The van der Waals surface area contributed by atoms with Gasteiger partial charge in [-0.1, -0.05) is 6.07 Å². The summed E-state index contributed by atoms with van der Waals surface area (Å²) in [7, 11) is 1.29. The minimum Gasteiger partial charge on any atom is -0.469 e. The van der Waals surface area contributed by atoms with Gasteiger partial charge in [-0.25, -0.2) is 0 Å². The van der Waals surface area contributed by atoms with Crippen molar-refractivity contribution < 1.29 is 19.1 Å². The Morgan fingerprint density at radius 1 is 1.32 bits per heavy atom. The predicted molar refractivity (Wildman–Crippen MR) is 92.1 cm³/mol. The molecule has 1 aliphatic heterocycles. The van der Waals surface area contributed by atoms with E-state index in [0.717, 1.165) is 24.9 Å². The van der Waals surface area contributed by atoms with Crippen LogP contribution < -0.4 is 10.6 Å². The first-order chi connectivity index (χ1) is 12.1. The van der Waals surface area contributed by atoms with Gasteiger partial charge in [0.1, 0.15) is 6.04 Å². The summed E-state index contributed by atoms with van der Waals surface area (Å²) >= 11 is 0. The molecule has 1 fully saturated rings. The summed E-state index contributed by atoms with van der Waals surface area (Å²) in [5, 5.41) is 5.62. The van der Waals surface area contributed by atoms with Crippen LogP contribution in [0, 0.1) is 0 Å². The Balaban J connectivity index is 1.62. The molecule has 0 bridgehead atoms. The van der Waals surface area contributed by atoms with Crippen LogP contribution in [0.3, 0.4) is 0 Å². The number of nitrogens with zero attached hydrogens (tertiary/aromatic N) is 1. The highest BCUT2D eigenvalue weighted by Crippen LogP contribution is 2.24. The lowest BCUT2D eigenvalue weighted by Gasteiger charge is -2.33. The molecule has 1 saturated heterocycles. The summed E-state index contributed by atoms with van der Waals surface area (Å²) in [6, 6.07) is 5.32. The lowest BCUT2D eigenvalue weighted by atomic mass is 10.1. The summed E-state index contributed by atoms with van der Waals surface area (Å²) in [5.41, 5.74) is 3.42. The Labute approximate surface area is 146 Å². The molecule has 1 heterocycles. The van der Waals surface area contributed by atoms with Gasteiger partial charge in [-0.2, -0.15) is 0 Å². The topological polar surface area (TPSA) is 87.7 Å². The molecule has 2 amide bonds. The average Bonchev–Trinajstić information content (AvgIpc) is 3.05. The van der Waals surface area contributed by atoms with Crippen molar-refractivity contribution in [3.8, 4) is 0 Å². The number of carbonyl (C=O) groups excluding carboxylic acids is 3. The van der Waals surface area contributed by atoms with Crippen LogP contribution in [0.5, 0.6) is 0 Å². The van der Waals surface area contributed by atoms with Crippen molar-refractivity contribution in [3.05, 3.63) is 29.3 Å². The Bertz CT molecular complexity index is 689. The first-order valence-corrected chi connectivity index (χ1v) is 8.57. The van der Waals surface area contributed by atoms with Crippen LogP contribution in [0.2, 0.25) is 0 Å². The standard InChI is InChI=1S/C18H23N3O4/c1-25-17(23)10-15-18(24)19-7-8-21(15)11-16(22)20-14-6-5-12-3-2-4-13(12)9-14/h5-6,9,15H,2-4,7-8,10-11H2,1H3,(H,19,24)(H,20,22)/t15-/m0/s1. The van der Waals surface area contributed by atoms with Crippen LogP contribution >= 0.6 is 0 Å². The number of methoxy groups -OCH3 is 1. The SMILES string of the molecule is COC(=O)C[C@H]1C(=O)NCCN1CC(=O)Nc1ccc2c(c1)CCC2. The molecule has 7 nitrogen and oxygen atoms in total. The van der Waals surface area contributed by atoms with Crippen molar-refractivity contribution in [1.29, 1.82) is 0 Å². The number of benzene rings is 1. The number of aryl methyl sites for hydroxylation is 2. The van der Waals surface area contributed by atoms with Crippen LogP contribution in [-0.2, 0) is 32.0 Å². The molecule has 0 saturated carbocycles. The zero-order chi connectivity index (χ0) is 17.8. The maximum atomic E-state index is 12.4. The van der Waals surface area contributed by atoms with Gasteiger partial charge < -0.3 is 15.4 Å². The molecule has 25 heavy (non-hydrogen) atoms. The average molecular weight is 345 g/mol. The van der Waals surface area contributed by atoms with Crippen molar-refractivity contribution in [2.75, 3.05) is 32.1 Å². The van der Waals surface area contributed by atoms with E-state index in [2.05, 4.69) is 21.4 Å². The molecular formula is C18H23N3O4. The molecule has 1 aromatic carbocycles. The molecule has 7 heteroatoms. The lowest BCUT2D eigenvalue weighted by molar-refractivity contribution is -0.146. The molecular weight excluding hydrogens is 322 g/mol. The predicted octanol–water partition coefficient (Wildman–Crippen LogP) is 0.477. The number of piperazine rings is 1. The fourth-order valence-electron chi connectivity index (χ4n) is 3.45. The fourth-order valence-corrected chi connectivity index (χ4v) is 3.45. The van der Waals surface area contributed by atoms with Crippen molar-refractivity contribution >= 4 is 23.5 Å². The first kappa shape index (κ1) is 17.4. The Morgan fingerprint density at radius 2 is 2.12 bits per heavy atom. The van der Waals surface area contributed by atoms with E-state index in [1.54, 1.807) is 4.90 Å². The highest BCUT2D eigenvalue weighted by molar-refractivity contribution is 5.93. The number of rotatable bonds is 5. The highest BCUT2D eigenvalue weighted by atomic mass is 16.5. The molecule has 2 N–H and O–H groups in total. The van der Waals surface area contributed by atoms with Crippen molar-refractivity contribution in [1.82, 2.24) is 10.2 Å². The molecule has 2 aliphatic rings. The zero-order valence-corrected chi connectivity index (χ0v) is 14.3. The molecule has 0 spiro atoms. The fraction of sp³-hybridized carbons (Fsp3) is 0.500. The summed E-state index contributed by atoms with van der Waals surface area (Å²) in [5.74, 6) is -0.907. The van der Waals surface area contributed by atoms with E-state index in [1.807, 2.05) is 12.1 Å². The van der Waals surface area contributed by atoms with Crippen molar-refractivity contribution in [3.63, 3.8) is 0 Å². The van der Waals surface area contributed by atoms with Gasteiger partial charge in [-0.3, -0.25) is 19.3 Å². The second-order valence-corrected chi connectivity index (χ2v) is 6.44. The number of anilines is 1. The number of esters is 1. The van der Waals surface area contributed by atoms with Crippen LogP contribution in [-0.4, -0.2) is 55.5 Å². The highest BCUT2D eigenvalue weighted by Gasteiger charge is 2.33. The minimum absolute atomic E-state index is 0.0611. The Kier molecular flexibility index (Phi) is 5.33. The molecule has 0 unspecified atom stereocenters. The largest absolute Gasteiger partial charge is 0.469 e. The normalized spacial score (nSPS) is 19.9. The number of ether oxygens (including phenoxy) is 1. The number of nitrogens with one attached hydrogen (secondary N) is 2. The lowest BCUT2D eigenvalue weighted by Crippen LogP contribution is -2.57. The Hall–Kier alpha value is -2.41. The van der Waals surface area contributed by atoms with Crippen molar-refractivity contribution in [2.24, 2.45) is 0 Å². The van der Waals surface area contributed by atoms with Crippen molar-refractivity contribution in [2.45, 2.75) is 31.7 Å². The maximum absolute atomic E-state index is 12.4. The van der Waals surface area contributed by atoms with Crippen LogP contribution in [0.15, 0.2) is 18.2 Å². The van der Waals surface area contributed by atoms with Gasteiger partial charge in [0.2, 0.25) is 11.8 Å². The van der Waals surface area contributed by atoms with E-state index in [9.17, 15) is 14.4 Å². The molecule has 1 aliphatic carbocycles. The molecule has 0 radical (unpaired) electrons. The summed E-state index contributed by atoms with van der Waals surface area (Å²) in [6.07, 6.45) is 3.24. The third kappa shape index (κ3) is 4.17. The molecule has 3 rings (SSSR count). The summed E-state index contributed by atoms with van der Waals surface area (Å²) in [4.78, 5) is 37.7. The zero-order valence-electron chi connectivity index (χ0n) is 14.3. The van der Waals surface area contributed by atoms with E-state index in [4.69, 9.17) is 0 Å². The number of amides is 2. The van der Waals surface area contributed by atoms with Gasteiger partial charge in [-0.05, 0) is 42.5 Å². The second-order valence-electron chi connectivity index (χ2n) is 6.44. The monoisotopic (exact) mass is 345 g/mol. The van der Waals surface area contributed by atoms with Gasteiger partial charge >= 0.3 is 5.97 Å². The number of carbonyl (C=O) groups is 3. The number of hydrogen-bond acceptors (Lipinski definition) is 5. The quantitative estimate of drug-likeness (QED) is 0.758. The third-order valence-corrected chi connectivity index (χ3v) is 4.76. The van der Waals surface area contributed by atoms with Gasteiger partial charge in [-0.15, -0.1) is 0 Å². The van der Waals surface area contributed by atoms with E-state index >= 15 is 0 Å². The summed E-state index contributed by atoms with van der Waals surface area (Å²) < 4.78 is 4.65. The van der Waals surface area contributed by atoms with Gasteiger partial charge in [0.25, 0.3) is 0 Å². The van der Waals surface area contributed by atoms with E-state index in [1.165, 1.54) is 18.2 Å².